The van der Waals surface area contributed by atoms with Gasteiger partial charge in [0.15, 0.2) is 5.78 Å². The minimum absolute atomic E-state index is 0.0673. The average Bonchev–Trinajstić information content (AvgIpc) is 2.85. The summed E-state index contributed by atoms with van der Waals surface area (Å²) in [5.41, 5.74) is 1.20. The van der Waals surface area contributed by atoms with E-state index >= 15 is 0 Å². The zero-order valence-electron chi connectivity index (χ0n) is 23.5. The summed E-state index contributed by atoms with van der Waals surface area (Å²) >= 11 is 0. The fourth-order valence-corrected chi connectivity index (χ4v) is 3.80. The van der Waals surface area contributed by atoms with Crippen molar-refractivity contribution >= 4 is 11.6 Å². The third kappa shape index (κ3) is 26.9. The summed E-state index contributed by atoms with van der Waals surface area (Å²) < 4.78 is 0. The molecule has 1 fully saturated rings. The SMILES string of the molecule is CC.CC.CC.CC(=O)/C=C/CCC[C@@H](O)C/C=C(/C)CCC(=O)CCCC1CCCCC1. The van der Waals surface area contributed by atoms with Gasteiger partial charge in [0.1, 0.15) is 5.78 Å². The number of hydrogen-bond acceptors (Lipinski definition) is 3. The van der Waals surface area contributed by atoms with Gasteiger partial charge in [-0.05, 0) is 64.4 Å². The van der Waals surface area contributed by atoms with E-state index < -0.39 is 0 Å². The standard InChI is InChI=1S/C24H40O3.3C2H6/c1-20(16-18-23(26)14-8-3-5-10-21(2)25)17-19-24(27)15-9-13-22-11-6-4-7-12-22;3*1-2/h5,10,16,22-23,26H,3-4,6-9,11-15,17-19H2,1-2H3;3*1-2H3/b10-5+,20-16-;;;/t23-;;;/m1.../s1. The first-order valence-corrected chi connectivity index (χ1v) is 14.0. The number of carbonyl (C=O) groups excluding carboxylic acids is 2. The first-order valence-electron chi connectivity index (χ1n) is 14.0. The molecule has 0 amide bonds. The molecule has 1 aliphatic carbocycles. The van der Waals surface area contributed by atoms with E-state index in [0.717, 1.165) is 44.4 Å². The van der Waals surface area contributed by atoms with E-state index in [1.54, 1.807) is 13.0 Å². The predicted octanol–water partition coefficient (Wildman–Crippen LogP) is 9.18. The van der Waals surface area contributed by atoms with Crippen molar-refractivity contribution in [2.45, 2.75) is 151 Å². The molecule has 1 aliphatic rings. The second kappa shape index (κ2) is 28.8. The molecule has 0 aromatic carbocycles. The summed E-state index contributed by atoms with van der Waals surface area (Å²) in [6, 6.07) is 0. The Hall–Kier alpha value is -1.22. The number of aliphatic hydroxyl groups excluding tert-OH is 1. The maximum atomic E-state index is 12.1. The maximum Gasteiger partial charge on any atom is 0.152 e. The lowest BCUT2D eigenvalue weighted by Gasteiger charge is -2.21. The van der Waals surface area contributed by atoms with E-state index in [0.29, 0.717) is 18.6 Å². The van der Waals surface area contributed by atoms with Gasteiger partial charge in [-0.2, -0.15) is 0 Å². The molecule has 1 saturated carbocycles. The number of ketones is 2. The third-order valence-corrected chi connectivity index (χ3v) is 5.59. The van der Waals surface area contributed by atoms with Crippen LogP contribution in [0.1, 0.15) is 145 Å². The quantitative estimate of drug-likeness (QED) is 0.158. The summed E-state index contributed by atoms with van der Waals surface area (Å²) in [5.74, 6) is 1.32. The summed E-state index contributed by atoms with van der Waals surface area (Å²) in [6.45, 7) is 15.6. The molecule has 0 heterocycles. The van der Waals surface area contributed by atoms with Crippen LogP contribution in [-0.4, -0.2) is 22.8 Å². The lowest BCUT2D eigenvalue weighted by Crippen LogP contribution is -2.07. The van der Waals surface area contributed by atoms with Crippen molar-refractivity contribution in [1.29, 1.82) is 0 Å². The minimum Gasteiger partial charge on any atom is -0.393 e. The lowest BCUT2D eigenvalue weighted by atomic mass is 9.85. The molecule has 3 heteroatoms. The second-order valence-corrected chi connectivity index (χ2v) is 8.32. The van der Waals surface area contributed by atoms with Crippen LogP contribution in [0.5, 0.6) is 0 Å². The number of allylic oxidation sites excluding steroid dienone is 3. The highest BCUT2D eigenvalue weighted by Gasteiger charge is 2.13. The van der Waals surface area contributed by atoms with Crippen molar-refractivity contribution in [3.63, 3.8) is 0 Å². The van der Waals surface area contributed by atoms with Crippen molar-refractivity contribution in [1.82, 2.24) is 0 Å². The number of unbranched alkanes of at least 4 members (excludes halogenated alkanes) is 1. The van der Waals surface area contributed by atoms with E-state index in [-0.39, 0.29) is 11.9 Å². The van der Waals surface area contributed by atoms with Crippen LogP contribution in [0.15, 0.2) is 23.8 Å². The highest BCUT2D eigenvalue weighted by molar-refractivity contribution is 5.87. The number of rotatable bonds is 14. The van der Waals surface area contributed by atoms with Crippen molar-refractivity contribution in [3.05, 3.63) is 23.8 Å². The summed E-state index contributed by atoms with van der Waals surface area (Å²) in [5, 5.41) is 10.0. The Morgan fingerprint density at radius 2 is 1.48 bits per heavy atom. The number of carbonyl (C=O) groups is 2. The van der Waals surface area contributed by atoms with Gasteiger partial charge in [0, 0.05) is 12.8 Å². The summed E-state index contributed by atoms with van der Waals surface area (Å²) in [4.78, 5) is 22.9. The molecule has 0 bridgehead atoms. The normalized spacial score (nSPS) is 14.8. The van der Waals surface area contributed by atoms with Crippen molar-refractivity contribution in [2.75, 3.05) is 0 Å². The molecule has 0 aliphatic heterocycles. The molecular formula is C30H58O3. The molecule has 0 unspecified atom stereocenters. The average molecular weight is 467 g/mol. The Morgan fingerprint density at radius 1 is 0.879 bits per heavy atom. The van der Waals surface area contributed by atoms with E-state index in [1.165, 1.54) is 44.1 Å². The smallest absolute Gasteiger partial charge is 0.152 e. The molecule has 0 aromatic rings. The summed E-state index contributed by atoms with van der Waals surface area (Å²) in [7, 11) is 0. The maximum absolute atomic E-state index is 12.1. The third-order valence-electron chi connectivity index (χ3n) is 5.59. The zero-order valence-corrected chi connectivity index (χ0v) is 23.5. The van der Waals surface area contributed by atoms with Gasteiger partial charge in [-0.3, -0.25) is 9.59 Å². The van der Waals surface area contributed by atoms with E-state index in [1.807, 2.05) is 47.6 Å². The van der Waals surface area contributed by atoms with Crippen LogP contribution >= 0.6 is 0 Å². The van der Waals surface area contributed by atoms with Gasteiger partial charge < -0.3 is 5.11 Å². The Kier molecular flexibility index (Phi) is 31.7. The first kappa shape index (κ1) is 36.4. The fraction of sp³-hybridized carbons (Fsp3) is 0.800. The van der Waals surface area contributed by atoms with Gasteiger partial charge >= 0.3 is 0 Å². The van der Waals surface area contributed by atoms with Gasteiger partial charge in [0.25, 0.3) is 0 Å². The molecule has 0 radical (unpaired) electrons. The minimum atomic E-state index is -0.336. The second-order valence-electron chi connectivity index (χ2n) is 8.32. The number of Topliss-reactive ketones (excluding diaryl/α,β-unsaturated/α-hetero) is 1. The molecule has 1 rings (SSSR count). The largest absolute Gasteiger partial charge is 0.393 e. The van der Waals surface area contributed by atoms with Crippen molar-refractivity contribution in [3.8, 4) is 0 Å². The van der Waals surface area contributed by atoms with Crippen LogP contribution in [-0.2, 0) is 9.59 Å². The van der Waals surface area contributed by atoms with Crippen molar-refractivity contribution < 1.29 is 14.7 Å². The van der Waals surface area contributed by atoms with Gasteiger partial charge in [0.05, 0.1) is 6.10 Å². The molecule has 0 spiro atoms. The molecule has 196 valence electrons. The Morgan fingerprint density at radius 3 is 2.06 bits per heavy atom. The fourth-order valence-electron chi connectivity index (χ4n) is 3.80. The Bertz CT molecular complexity index is 485. The number of hydrogen-bond donors (Lipinski definition) is 1. The van der Waals surface area contributed by atoms with Crippen LogP contribution in [0.2, 0.25) is 0 Å². The van der Waals surface area contributed by atoms with E-state index in [4.69, 9.17) is 0 Å². The molecule has 3 nitrogen and oxygen atoms in total. The predicted molar refractivity (Wildman–Crippen MR) is 147 cm³/mol. The lowest BCUT2D eigenvalue weighted by molar-refractivity contribution is -0.119. The monoisotopic (exact) mass is 466 g/mol. The Labute approximate surface area is 207 Å². The molecule has 1 N–H and O–H groups in total. The molecule has 1 atom stereocenters. The van der Waals surface area contributed by atoms with Crippen LogP contribution in [0, 0.1) is 5.92 Å². The molecule has 33 heavy (non-hydrogen) atoms. The van der Waals surface area contributed by atoms with Crippen LogP contribution < -0.4 is 0 Å². The topological polar surface area (TPSA) is 54.4 Å². The van der Waals surface area contributed by atoms with Gasteiger partial charge in [0.2, 0.25) is 0 Å². The first-order chi connectivity index (χ1) is 16.0. The molecule has 0 saturated heterocycles. The van der Waals surface area contributed by atoms with Gasteiger partial charge in [-0.1, -0.05) is 97.8 Å². The van der Waals surface area contributed by atoms with E-state index in [2.05, 4.69) is 13.0 Å². The highest BCUT2D eigenvalue weighted by atomic mass is 16.3. The van der Waals surface area contributed by atoms with E-state index in [9.17, 15) is 14.7 Å². The molecular weight excluding hydrogens is 408 g/mol. The van der Waals surface area contributed by atoms with Crippen molar-refractivity contribution in [2.24, 2.45) is 5.92 Å². The zero-order chi connectivity index (χ0) is 25.9. The Balaban J connectivity index is -0.00000138. The van der Waals surface area contributed by atoms with Gasteiger partial charge in [-0.25, -0.2) is 0 Å². The summed E-state index contributed by atoms with van der Waals surface area (Å²) in [6.07, 6.45) is 19.7. The molecule has 0 aromatic heterocycles. The van der Waals surface area contributed by atoms with Crippen LogP contribution in [0.4, 0.5) is 0 Å². The van der Waals surface area contributed by atoms with Gasteiger partial charge in [-0.15, -0.1) is 0 Å². The highest BCUT2D eigenvalue weighted by Crippen LogP contribution is 2.27. The van der Waals surface area contributed by atoms with Crippen LogP contribution in [0.3, 0.4) is 0 Å². The van der Waals surface area contributed by atoms with Crippen LogP contribution in [0.25, 0.3) is 0 Å². The number of aliphatic hydroxyl groups is 1.